The van der Waals surface area contributed by atoms with E-state index in [1.54, 1.807) is 12.3 Å². The van der Waals surface area contributed by atoms with E-state index in [1.807, 2.05) is 13.0 Å². The van der Waals surface area contributed by atoms with Gasteiger partial charge in [0.1, 0.15) is 5.75 Å². The van der Waals surface area contributed by atoms with Gasteiger partial charge in [-0.25, -0.2) is 0 Å². The Labute approximate surface area is 94.8 Å². The summed E-state index contributed by atoms with van der Waals surface area (Å²) in [5.41, 5.74) is 11.5. The lowest BCUT2D eigenvalue weighted by Gasteiger charge is -2.13. The lowest BCUT2D eigenvalue weighted by atomic mass is 10.2. The molecule has 0 aliphatic carbocycles. The summed E-state index contributed by atoms with van der Waals surface area (Å²) in [6, 6.07) is 3.60. The number of hydrogen-bond acceptors (Lipinski definition) is 4. The van der Waals surface area contributed by atoms with Crippen LogP contribution in [0.2, 0.25) is 0 Å². The highest BCUT2D eigenvalue weighted by molar-refractivity contribution is 5.79. The highest BCUT2D eigenvalue weighted by Crippen LogP contribution is 2.12. The summed E-state index contributed by atoms with van der Waals surface area (Å²) in [7, 11) is 0. The molecule has 5 nitrogen and oxygen atoms in total. The van der Waals surface area contributed by atoms with Crippen molar-refractivity contribution in [2.75, 3.05) is 6.54 Å². The van der Waals surface area contributed by atoms with Crippen LogP contribution in [0.15, 0.2) is 18.3 Å². The quantitative estimate of drug-likeness (QED) is 0.722. The number of hydrogen-bond donors (Lipinski definition) is 2. The summed E-state index contributed by atoms with van der Waals surface area (Å²) < 4.78 is 5.39. The topological polar surface area (TPSA) is 91.2 Å². The molecule has 0 saturated carbocycles. The van der Waals surface area contributed by atoms with Crippen molar-refractivity contribution in [3.8, 4) is 5.75 Å². The third-order valence-electron chi connectivity index (χ3n) is 2.16. The second kappa shape index (κ2) is 6.07. The molecule has 1 aromatic heterocycles. The molecule has 1 unspecified atom stereocenters. The molecule has 0 fully saturated rings. The first-order valence-electron chi connectivity index (χ1n) is 5.28. The van der Waals surface area contributed by atoms with E-state index in [-0.39, 0.29) is 0 Å². The maximum absolute atomic E-state index is 11.0. The average Bonchev–Trinajstić information content (AvgIpc) is 2.28. The molecule has 1 amide bonds. The summed E-state index contributed by atoms with van der Waals surface area (Å²) in [5, 5.41) is 0. The fourth-order valence-electron chi connectivity index (χ4n) is 1.28. The normalized spacial score (nSPS) is 12.1. The molecule has 5 heteroatoms. The van der Waals surface area contributed by atoms with Gasteiger partial charge in [-0.05, 0) is 25.1 Å². The van der Waals surface area contributed by atoms with Gasteiger partial charge in [-0.3, -0.25) is 9.78 Å². The number of carbonyl (C=O) groups excluding carboxylic acids is 1. The third kappa shape index (κ3) is 3.51. The summed E-state index contributed by atoms with van der Waals surface area (Å²) in [6.45, 7) is 2.40. The minimum absolute atomic E-state index is 0.464. The number of rotatable bonds is 6. The highest BCUT2D eigenvalue weighted by atomic mass is 16.5. The summed E-state index contributed by atoms with van der Waals surface area (Å²) in [6.07, 6.45) is 2.26. The number of nitrogens with two attached hydrogens (primary N) is 2. The minimum atomic E-state index is -0.595. The second-order valence-electron chi connectivity index (χ2n) is 3.44. The van der Waals surface area contributed by atoms with Gasteiger partial charge in [0.15, 0.2) is 6.10 Å². The first-order valence-corrected chi connectivity index (χ1v) is 5.28. The Hall–Kier alpha value is -1.62. The SMILES string of the molecule is CCC(Oc1ccc(CCN)nc1)C(N)=O. The van der Waals surface area contributed by atoms with E-state index in [0.717, 1.165) is 12.1 Å². The molecule has 88 valence electrons. The first-order chi connectivity index (χ1) is 7.67. The summed E-state index contributed by atoms with van der Waals surface area (Å²) >= 11 is 0. The van der Waals surface area contributed by atoms with E-state index in [0.29, 0.717) is 18.7 Å². The predicted octanol–water partition coefficient (Wildman–Crippen LogP) is 0.225. The van der Waals surface area contributed by atoms with Crippen LogP contribution in [0.1, 0.15) is 19.0 Å². The van der Waals surface area contributed by atoms with Crippen LogP contribution < -0.4 is 16.2 Å². The van der Waals surface area contributed by atoms with Gasteiger partial charge in [-0.15, -0.1) is 0 Å². The van der Waals surface area contributed by atoms with Gasteiger partial charge in [0, 0.05) is 12.1 Å². The third-order valence-corrected chi connectivity index (χ3v) is 2.16. The number of ether oxygens (including phenoxy) is 1. The van der Waals surface area contributed by atoms with Crippen LogP contribution in [-0.4, -0.2) is 23.5 Å². The number of nitrogens with zero attached hydrogens (tertiary/aromatic N) is 1. The van der Waals surface area contributed by atoms with Crippen molar-refractivity contribution < 1.29 is 9.53 Å². The molecule has 16 heavy (non-hydrogen) atoms. The van der Waals surface area contributed by atoms with Gasteiger partial charge in [-0.2, -0.15) is 0 Å². The summed E-state index contributed by atoms with van der Waals surface area (Å²) in [5.74, 6) is 0.0833. The van der Waals surface area contributed by atoms with Gasteiger partial charge >= 0.3 is 0 Å². The van der Waals surface area contributed by atoms with Crippen molar-refractivity contribution in [1.29, 1.82) is 0 Å². The van der Waals surface area contributed by atoms with E-state index >= 15 is 0 Å². The zero-order valence-corrected chi connectivity index (χ0v) is 9.35. The molecule has 0 bridgehead atoms. The van der Waals surface area contributed by atoms with Gasteiger partial charge in [0.25, 0.3) is 5.91 Å². The van der Waals surface area contributed by atoms with Gasteiger partial charge in [0.05, 0.1) is 6.20 Å². The Kier molecular flexibility index (Phi) is 4.72. The zero-order valence-electron chi connectivity index (χ0n) is 9.35. The smallest absolute Gasteiger partial charge is 0.258 e. The molecular weight excluding hydrogens is 206 g/mol. The average molecular weight is 223 g/mol. The van der Waals surface area contributed by atoms with Gasteiger partial charge in [0.2, 0.25) is 0 Å². The van der Waals surface area contributed by atoms with Crippen LogP contribution in [-0.2, 0) is 11.2 Å². The molecule has 0 spiro atoms. The number of pyridine rings is 1. The van der Waals surface area contributed by atoms with Crippen LogP contribution in [0.4, 0.5) is 0 Å². The maximum Gasteiger partial charge on any atom is 0.258 e. The molecule has 1 aromatic rings. The van der Waals surface area contributed by atoms with Crippen LogP contribution in [0, 0.1) is 0 Å². The van der Waals surface area contributed by atoms with Crippen LogP contribution in [0.5, 0.6) is 5.75 Å². The summed E-state index contributed by atoms with van der Waals surface area (Å²) in [4.78, 5) is 15.1. The van der Waals surface area contributed by atoms with E-state index in [9.17, 15) is 4.79 Å². The first kappa shape index (κ1) is 12.4. The molecule has 0 radical (unpaired) electrons. The molecule has 4 N–H and O–H groups in total. The van der Waals surface area contributed by atoms with Crippen molar-refractivity contribution in [3.05, 3.63) is 24.0 Å². The zero-order chi connectivity index (χ0) is 12.0. The Morgan fingerprint density at radius 1 is 1.56 bits per heavy atom. The largest absolute Gasteiger partial charge is 0.479 e. The highest BCUT2D eigenvalue weighted by Gasteiger charge is 2.14. The van der Waals surface area contributed by atoms with Crippen molar-refractivity contribution in [3.63, 3.8) is 0 Å². The molecule has 0 aromatic carbocycles. The van der Waals surface area contributed by atoms with E-state index in [2.05, 4.69) is 4.98 Å². The monoisotopic (exact) mass is 223 g/mol. The number of carbonyl (C=O) groups is 1. The Morgan fingerprint density at radius 3 is 2.75 bits per heavy atom. The molecule has 0 aliphatic rings. The van der Waals surface area contributed by atoms with Gasteiger partial charge in [-0.1, -0.05) is 6.92 Å². The molecule has 1 atom stereocenters. The van der Waals surface area contributed by atoms with Crippen LogP contribution in [0.3, 0.4) is 0 Å². The standard InChI is InChI=1S/C11H17N3O2/c1-2-10(11(13)15)16-9-4-3-8(5-6-12)14-7-9/h3-4,7,10H,2,5-6,12H2,1H3,(H2,13,15). The molecular formula is C11H17N3O2. The van der Waals surface area contributed by atoms with Crippen LogP contribution in [0.25, 0.3) is 0 Å². The predicted molar refractivity (Wildman–Crippen MR) is 60.9 cm³/mol. The fraction of sp³-hybridized carbons (Fsp3) is 0.455. The lowest BCUT2D eigenvalue weighted by Crippen LogP contribution is -2.33. The van der Waals surface area contributed by atoms with Crippen molar-refractivity contribution in [2.45, 2.75) is 25.9 Å². The lowest BCUT2D eigenvalue weighted by molar-refractivity contribution is -0.124. The van der Waals surface area contributed by atoms with Crippen LogP contribution >= 0.6 is 0 Å². The second-order valence-corrected chi connectivity index (χ2v) is 3.44. The van der Waals surface area contributed by atoms with E-state index < -0.39 is 12.0 Å². The van der Waals surface area contributed by atoms with Crippen molar-refractivity contribution >= 4 is 5.91 Å². The minimum Gasteiger partial charge on any atom is -0.479 e. The number of amides is 1. The number of primary amides is 1. The van der Waals surface area contributed by atoms with E-state index in [1.165, 1.54) is 0 Å². The molecule has 0 saturated heterocycles. The van der Waals surface area contributed by atoms with E-state index in [4.69, 9.17) is 16.2 Å². The molecule has 1 rings (SSSR count). The van der Waals surface area contributed by atoms with Crippen molar-refractivity contribution in [1.82, 2.24) is 4.98 Å². The number of aromatic nitrogens is 1. The maximum atomic E-state index is 11.0. The Balaban J connectivity index is 2.63. The molecule has 1 heterocycles. The Bertz CT molecular complexity index is 338. The fourth-order valence-corrected chi connectivity index (χ4v) is 1.28. The molecule has 0 aliphatic heterocycles. The van der Waals surface area contributed by atoms with Gasteiger partial charge < -0.3 is 16.2 Å². The van der Waals surface area contributed by atoms with Crippen molar-refractivity contribution in [2.24, 2.45) is 11.5 Å². The Morgan fingerprint density at radius 2 is 2.31 bits per heavy atom.